The van der Waals surface area contributed by atoms with Gasteiger partial charge in [-0.25, -0.2) is 0 Å². The number of hydrogen-bond acceptors (Lipinski definition) is 4. The van der Waals surface area contributed by atoms with Gasteiger partial charge in [0.1, 0.15) is 12.2 Å². The molecule has 4 nitrogen and oxygen atoms in total. The third-order valence-corrected chi connectivity index (χ3v) is 2.98. The van der Waals surface area contributed by atoms with Gasteiger partial charge in [-0.1, -0.05) is 30.3 Å². The minimum absolute atomic E-state index is 0.0128. The maximum atomic E-state index is 9.25. The molecule has 1 aliphatic rings. The van der Waals surface area contributed by atoms with E-state index in [9.17, 15) is 5.11 Å². The number of aliphatic hydroxyl groups excluding tert-OH is 1. The Morgan fingerprint density at radius 3 is 2.50 bits per heavy atom. The summed E-state index contributed by atoms with van der Waals surface area (Å²) in [5.41, 5.74) is 1.23. The first-order valence-corrected chi connectivity index (χ1v) is 6.32. The number of aliphatic hydroxyl groups is 1. The van der Waals surface area contributed by atoms with Crippen molar-refractivity contribution in [2.75, 3.05) is 13.2 Å². The Kier molecular flexibility index (Phi) is 4.35. The molecule has 100 valence electrons. The topological polar surface area (TPSA) is 50.7 Å². The second kappa shape index (κ2) is 5.80. The Morgan fingerprint density at radius 2 is 1.83 bits per heavy atom. The Morgan fingerprint density at radius 1 is 1.17 bits per heavy atom. The number of nitrogens with one attached hydrogen (secondary N) is 1. The molecule has 0 amide bonds. The molecular formula is C14H21NO3. The van der Waals surface area contributed by atoms with Gasteiger partial charge in [0.2, 0.25) is 0 Å². The summed E-state index contributed by atoms with van der Waals surface area (Å²) in [4.78, 5) is 0. The minimum Gasteiger partial charge on any atom is -0.394 e. The lowest BCUT2D eigenvalue weighted by Crippen LogP contribution is -2.36. The first-order chi connectivity index (χ1) is 8.61. The molecule has 0 bridgehead atoms. The van der Waals surface area contributed by atoms with Crippen molar-refractivity contribution in [1.29, 1.82) is 0 Å². The highest BCUT2D eigenvalue weighted by atomic mass is 16.8. The van der Waals surface area contributed by atoms with Crippen molar-refractivity contribution < 1.29 is 14.6 Å². The number of ether oxygens (including phenoxy) is 2. The van der Waals surface area contributed by atoms with E-state index >= 15 is 0 Å². The summed E-state index contributed by atoms with van der Waals surface area (Å²) in [6.07, 6.45) is -0.350. The van der Waals surface area contributed by atoms with Gasteiger partial charge >= 0.3 is 0 Å². The molecule has 1 saturated heterocycles. The Balaban J connectivity index is 1.80. The first kappa shape index (κ1) is 13.5. The molecule has 1 heterocycles. The van der Waals surface area contributed by atoms with Crippen LogP contribution in [-0.2, 0) is 16.0 Å². The second-order valence-corrected chi connectivity index (χ2v) is 5.01. The van der Waals surface area contributed by atoms with Crippen LogP contribution < -0.4 is 5.32 Å². The van der Waals surface area contributed by atoms with Gasteiger partial charge in [-0.3, -0.25) is 0 Å². The summed E-state index contributed by atoms with van der Waals surface area (Å²) in [6.45, 7) is 5.18. The van der Waals surface area contributed by atoms with Gasteiger partial charge in [0, 0.05) is 13.1 Å². The standard InChI is InChI=1S/C14H21NO3/c1-14(2)17-12(13(10-16)18-14)9-15-8-11-6-4-3-5-7-11/h3-7,12-13,15-16H,8-10H2,1-2H3/t12-,13+/m0/s1. The van der Waals surface area contributed by atoms with Crippen LogP contribution in [0.3, 0.4) is 0 Å². The van der Waals surface area contributed by atoms with Gasteiger partial charge in [0.05, 0.1) is 6.61 Å². The smallest absolute Gasteiger partial charge is 0.163 e. The van der Waals surface area contributed by atoms with Crippen LogP contribution in [-0.4, -0.2) is 36.3 Å². The molecule has 0 unspecified atom stereocenters. The summed E-state index contributed by atoms with van der Waals surface area (Å²) in [5.74, 6) is -0.605. The first-order valence-electron chi connectivity index (χ1n) is 6.32. The van der Waals surface area contributed by atoms with Crippen molar-refractivity contribution in [3.05, 3.63) is 35.9 Å². The van der Waals surface area contributed by atoms with Crippen LogP contribution in [0.25, 0.3) is 0 Å². The van der Waals surface area contributed by atoms with Gasteiger partial charge in [-0.15, -0.1) is 0 Å². The van der Waals surface area contributed by atoms with Crippen LogP contribution in [0.4, 0.5) is 0 Å². The maximum Gasteiger partial charge on any atom is 0.163 e. The summed E-state index contributed by atoms with van der Waals surface area (Å²) in [5, 5.41) is 12.6. The molecule has 0 spiro atoms. The predicted octanol–water partition coefficient (Wildman–Crippen LogP) is 1.29. The summed E-state index contributed by atoms with van der Waals surface area (Å²) < 4.78 is 11.3. The van der Waals surface area contributed by atoms with Crippen molar-refractivity contribution in [1.82, 2.24) is 5.32 Å². The molecule has 2 atom stereocenters. The Labute approximate surface area is 108 Å². The van der Waals surface area contributed by atoms with E-state index in [0.717, 1.165) is 6.54 Å². The normalized spacial score (nSPS) is 26.4. The molecule has 2 N–H and O–H groups in total. The molecule has 0 saturated carbocycles. The fourth-order valence-corrected chi connectivity index (χ4v) is 2.19. The molecule has 1 aliphatic heterocycles. The van der Waals surface area contributed by atoms with Crippen LogP contribution >= 0.6 is 0 Å². The Bertz CT molecular complexity index is 367. The zero-order valence-corrected chi connectivity index (χ0v) is 10.9. The summed E-state index contributed by atoms with van der Waals surface area (Å²) in [7, 11) is 0. The van der Waals surface area contributed by atoms with Crippen LogP contribution in [0.2, 0.25) is 0 Å². The molecule has 0 aromatic heterocycles. The zero-order chi connectivity index (χ0) is 13.0. The van der Waals surface area contributed by atoms with E-state index in [1.165, 1.54) is 5.56 Å². The number of benzene rings is 1. The van der Waals surface area contributed by atoms with Crippen molar-refractivity contribution in [3.8, 4) is 0 Å². The number of hydrogen-bond donors (Lipinski definition) is 2. The summed E-state index contributed by atoms with van der Waals surface area (Å²) >= 11 is 0. The second-order valence-electron chi connectivity index (χ2n) is 5.01. The monoisotopic (exact) mass is 251 g/mol. The zero-order valence-electron chi connectivity index (χ0n) is 10.9. The molecule has 2 rings (SSSR count). The fraction of sp³-hybridized carbons (Fsp3) is 0.571. The van der Waals surface area contributed by atoms with Gasteiger partial charge in [0.15, 0.2) is 5.79 Å². The molecule has 4 heteroatoms. The molecule has 1 fully saturated rings. The van der Waals surface area contributed by atoms with Gasteiger partial charge in [-0.05, 0) is 19.4 Å². The maximum absolute atomic E-state index is 9.25. The molecule has 0 radical (unpaired) electrons. The van der Waals surface area contributed by atoms with E-state index < -0.39 is 5.79 Å². The molecule has 1 aromatic rings. The highest BCUT2D eigenvalue weighted by Crippen LogP contribution is 2.27. The molecule has 0 aliphatic carbocycles. The molecular weight excluding hydrogens is 230 g/mol. The third-order valence-electron chi connectivity index (χ3n) is 2.98. The van der Waals surface area contributed by atoms with Crippen molar-refractivity contribution in [2.24, 2.45) is 0 Å². The lowest BCUT2D eigenvalue weighted by Gasteiger charge is -2.17. The Hall–Kier alpha value is -0.940. The molecule has 1 aromatic carbocycles. The largest absolute Gasteiger partial charge is 0.394 e. The average molecular weight is 251 g/mol. The van der Waals surface area contributed by atoms with Crippen molar-refractivity contribution in [2.45, 2.75) is 38.4 Å². The van der Waals surface area contributed by atoms with E-state index in [0.29, 0.717) is 6.54 Å². The SMILES string of the molecule is CC1(C)O[C@@H](CNCc2ccccc2)[C@@H](CO)O1. The van der Waals surface area contributed by atoms with Gasteiger partial charge < -0.3 is 19.9 Å². The highest BCUT2D eigenvalue weighted by Gasteiger charge is 2.40. The van der Waals surface area contributed by atoms with E-state index in [-0.39, 0.29) is 18.8 Å². The van der Waals surface area contributed by atoms with Crippen LogP contribution in [0.5, 0.6) is 0 Å². The van der Waals surface area contributed by atoms with E-state index in [4.69, 9.17) is 9.47 Å². The lowest BCUT2D eigenvalue weighted by atomic mass is 10.2. The van der Waals surface area contributed by atoms with E-state index in [1.54, 1.807) is 0 Å². The lowest BCUT2D eigenvalue weighted by molar-refractivity contribution is -0.148. The van der Waals surface area contributed by atoms with Crippen molar-refractivity contribution >= 4 is 0 Å². The van der Waals surface area contributed by atoms with Crippen LogP contribution in [0.1, 0.15) is 19.4 Å². The van der Waals surface area contributed by atoms with E-state index in [1.807, 2.05) is 32.0 Å². The predicted molar refractivity (Wildman–Crippen MR) is 69.1 cm³/mol. The average Bonchev–Trinajstić information content (AvgIpc) is 2.65. The van der Waals surface area contributed by atoms with Crippen molar-refractivity contribution in [3.63, 3.8) is 0 Å². The molecule has 18 heavy (non-hydrogen) atoms. The quantitative estimate of drug-likeness (QED) is 0.828. The van der Waals surface area contributed by atoms with Crippen LogP contribution in [0.15, 0.2) is 30.3 Å². The van der Waals surface area contributed by atoms with Gasteiger partial charge in [-0.2, -0.15) is 0 Å². The third kappa shape index (κ3) is 3.53. The van der Waals surface area contributed by atoms with E-state index in [2.05, 4.69) is 17.4 Å². The highest BCUT2D eigenvalue weighted by molar-refractivity contribution is 5.14. The summed E-state index contributed by atoms with van der Waals surface area (Å²) in [6, 6.07) is 10.2. The van der Waals surface area contributed by atoms with Crippen LogP contribution in [0, 0.1) is 0 Å². The fourth-order valence-electron chi connectivity index (χ4n) is 2.19. The van der Waals surface area contributed by atoms with Gasteiger partial charge in [0.25, 0.3) is 0 Å². The number of rotatable bonds is 5. The minimum atomic E-state index is -0.605.